The maximum absolute atomic E-state index is 13.9. The lowest BCUT2D eigenvalue weighted by atomic mass is 10.1. The predicted octanol–water partition coefficient (Wildman–Crippen LogP) is 9.69. The summed E-state index contributed by atoms with van der Waals surface area (Å²) in [6, 6.07) is 6.14. The van der Waals surface area contributed by atoms with Crippen LogP contribution in [0.2, 0.25) is 0 Å². The number of nitrogens with zero attached hydrogens (tertiary/aromatic N) is 2. The van der Waals surface area contributed by atoms with E-state index in [0.717, 1.165) is 44.8 Å². The molecule has 1 unspecified atom stereocenters. The molecule has 52 heavy (non-hydrogen) atoms. The summed E-state index contributed by atoms with van der Waals surface area (Å²) < 4.78 is 216. The molecular weight excluding hydrogens is 753 g/mol. The van der Waals surface area contributed by atoms with Crippen molar-refractivity contribution in [1.82, 2.24) is 9.97 Å². The van der Waals surface area contributed by atoms with E-state index in [9.17, 15) is 65.9 Å². The van der Waals surface area contributed by atoms with Gasteiger partial charge in [-0.15, -0.1) is 0 Å². The number of methoxy groups -OCH3 is 1. The average molecular weight is 787 g/mol. The standard InChI is InChI=1S/C30H33F15N2O5/c1-3-4-5-6-7-8-9-19-14-46-23(47-15-19)20-10-12-21(13-11-20)50-17-22(48-2)16-49-18-24(31,32)51-29(42,43)30(44,45)52-28(40,41)26(35,36)25(33,34)27(37,38)39/h10-15,22H,3-9,16-18H2,1-2H3. The second-order valence-electron chi connectivity index (χ2n) is 11.2. The lowest BCUT2D eigenvalue weighted by Crippen LogP contribution is -2.64. The number of benzene rings is 1. The van der Waals surface area contributed by atoms with Gasteiger partial charge in [0, 0.05) is 25.1 Å². The number of aromatic nitrogens is 2. The van der Waals surface area contributed by atoms with Gasteiger partial charge in [0.05, 0.1) is 6.61 Å². The molecule has 0 amide bonds. The van der Waals surface area contributed by atoms with Crippen molar-refractivity contribution in [2.24, 2.45) is 0 Å². The molecule has 0 bridgehead atoms. The summed E-state index contributed by atoms with van der Waals surface area (Å²) in [5.41, 5.74) is 1.58. The fourth-order valence-corrected chi connectivity index (χ4v) is 4.05. The van der Waals surface area contributed by atoms with Gasteiger partial charge in [-0.25, -0.2) is 19.4 Å². The molecule has 0 aliphatic rings. The molecule has 1 aromatic carbocycles. The Morgan fingerprint density at radius 2 is 1.17 bits per heavy atom. The molecule has 1 heterocycles. The Hall–Kier alpha value is -3.11. The SMILES string of the molecule is CCCCCCCCc1cnc(-c2ccc(OCC(COCC(F)(F)OC(F)(F)C(F)(F)OC(F)(F)C(F)(F)C(F)(F)C(F)(F)F)OC)cc2)nc1. The molecule has 0 radical (unpaired) electrons. The van der Waals surface area contributed by atoms with Gasteiger partial charge in [0.15, 0.2) is 5.82 Å². The first-order chi connectivity index (χ1) is 23.8. The molecule has 2 aromatic rings. The Morgan fingerprint density at radius 3 is 1.71 bits per heavy atom. The van der Waals surface area contributed by atoms with Crippen LogP contribution < -0.4 is 4.74 Å². The van der Waals surface area contributed by atoms with Gasteiger partial charge in [-0.3, -0.25) is 0 Å². The van der Waals surface area contributed by atoms with Crippen molar-refractivity contribution in [2.75, 3.05) is 26.9 Å². The number of alkyl halides is 15. The van der Waals surface area contributed by atoms with Crippen LogP contribution in [-0.4, -0.2) is 85.5 Å². The van der Waals surface area contributed by atoms with Crippen LogP contribution in [0.3, 0.4) is 0 Å². The summed E-state index contributed by atoms with van der Waals surface area (Å²) in [4.78, 5) is 8.68. The fraction of sp³-hybridized carbons (Fsp3) is 0.667. The number of unbranched alkanes of at least 4 members (excludes halogenated alkanes) is 5. The number of hydrogen-bond acceptors (Lipinski definition) is 7. The number of halogens is 15. The van der Waals surface area contributed by atoms with Crippen LogP contribution in [0.15, 0.2) is 36.7 Å². The molecule has 1 atom stereocenters. The number of rotatable bonds is 23. The van der Waals surface area contributed by atoms with E-state index in [1.807, 2.05) is 0 Å². The molecule has 0 fully saturated rings. The Bertz CT molecular complexity index is 1360. The van der Waals surface area contributed by atoms with E-state index in [0.29, 0.717) is 11.4 Å². The summed E-state index contributed by atoms with van der Waals surface area (Å²) in [5.74, 6) is -15.1. The smallest absolute Gasteiger partial charge is 0.460 e. The van der Waals surface area contributed by atoms with Crippen molar-refractivity contribution >= 4 is 0 Å². The molecule has 7 nitrogen and oxygen atoms in total. The second-order valence-corrected chi connectivity index (χ2v) is 11.2. The predicted molar refractivity (Wildman–Crippen MR) is 150 cm³/mol. The van der Waals surface area contributed by atoms with Gasteiger partial charge < -0.3 is 14.2 Å². The van der Waals surface area contributed by atoms with Gasteiger partial charge in [0.2, 0.25) is 0 Å². The Balaban J connectivity index is 1.90. The molecule has 0 saturated heterocycles. The van der Waals surface area contributed by atoms with Gasteiger partial charge in [-0.2, -0.15) is 65.9 Å². The molecule has 1 aromatic heterocycles. The molecule has 298 valence electrons. The highest BCUT2D eigenvalue weighted by atomic mass is 19.4. The quantitative estimate of drug-likeness (QED) is 0.0821. The molecule has 0 aliphatic heterocycles. The Kier molecular flexibility index (Phi) is 15.4. The summed E-state index contributed by atoms with van der Waals surface area (Å²) >= 11 is 0. The van der Waals surface area contributed by atoms with Crippen molar-refractivity contribution in [3.05, 3.63) is 42.2 Å². The highest BCUT2D eigenvalue weighted by molar-refractivity contribution is 5.55. The minimum absolute atomic E-state index is 0.205. The maximum atomic E-state index is 13.9. The minimum atomic E-state index is -7.93. The first-order valence-electron chi connectivity index (χ1n) is 15.2. The van der Waals surface area contributed by atoms with E-state index in [1.165, 1.54) is 25.0 Å². The molecular formula is C30H33F15N2O5. The van der Waals surface area contributed by atoms with Gasteiger partial charge in [0.25, 0.3) is 0 Å². The highest BCUT2D eigenvalue weighted by Gasteiger charge is 2.85. The van der Waals surface area contributed by atoms with E-state index < -0.39 is 68.4 Å². The largest absolute Gasteiger partial charge is 0.491 e. The van der Waals surface area contributed by atoms with Crippen molar-refractivity contribution in [3.63, 3.8) is 0 Å². The van der Waals surface area contributed by atoms with Crippen LogP contribution >= 0.6 is 0 Å². The third kappa shape index (κ3) is 12.0. The van der Waals surface area contributed by atoms with Gasteiger partial charge in [-0.05, 0) is 42.7 Å². The van der Waals surface area contributed by atoms with Crippen LogP contribution in [0.1, 0.15) is 51.0 Å². The lowest BCUT2D eigenvalue weighted by Gasteiger charge is -2.36. The number of hydrogen-bond donors (Lipinski definition) is 0. The molecule has 0 spiro atoms. The maximum Gasteiger partial charge on any atom is 0.460 e. The summed E-state index contributed by atoms with van der Waals surface area (Å²) in [7, 11) is 1.02. The monoisotopic (exact) mass is 786 g/mol. The summed E-state index contributed by atoms with van der Waals surface area (Å²) in [6.07, 6.45) is -25.3. The fourth-order valence-electron chi connectivity index (χ4n) is 4.05. The Labute approximate surface area is 286 Å². The van der Waals surface area contributed by atoms with Crippen LogP contribution in [0.25, 0.3) is 11.4 Å². The van der Waals surface area contributed by atoms with Crippen molar-refractivity contribution in [2.45, 2.75) is 100 Å². The normalized spacial score (nSPS) is 14.5. The first kappa shape index (κ1) is 45.0. The van der Waals surface area contributed by atoms with E-state index >= 15 is 0 Å². The van der Waals surface area contributed by atoms with Crippen LogP contribution in [0, 0.1) is 0 Å². The van der Waals surface area contributed by atoms with Gasteiger partial charge >= 0.3 is 42.5 Å². The van der Waals surface area contributed by atoms with E-state index in [4.69, 9.17) is 9.47 Å². The molecule has 0 N–H and O–H groups in total. The van der Waals surface area contributed by atoms with E-state index in [-0.39, 0.29) is 5.75 Å². The van der Waals surface area contributed by atoms with Gasteiger partial charge in [0.1, 0.15) is 25.1 Å². The average Bonchev–Trinajstić information content (AvgIpc) is 3.03. The molecule has 0 saturated carbocycles. The second kappa shape index (κ2) is 17.8. The van der Waals surface area contributed by atoms with Crippen molar-refractivity contribution < 1.29 is 89.5 Å². The van der Waals surface area contributed by atoms with E-state index in [1.54, 1.807) is 29.3 Å². The summed E-state index contributed by atoms with van der Waals surface area (Å²) in [5, 5.41) is 0. The number of aryl methyl sites for hydroxylation is 1. The van der Waals surface area contributed by atoms with Gasteiger partial charge in [-0.1, -0.05) is 39.0 Å². The lowest BCUT2D eigenvalue weighted by molar-refractivity contribution is -0.543. The molecule has 2 rings (SSSR count). The zero-order valence-electron chi connectivity index (χ0n) is 27.2. The zero-order chi connectivity index (χ0) is 39.7. The third-order valence-corrected chi connectivity index (χ3v) is 6.97. The van der Waals surface area contributed by atoms with Crippen LogP contribution in [-0.2, 0) is 25.4 Å². The van der Waals surface area contributed by atoms with Crippen molar-refractivity contribution in [1.29, 1.82) is 0 Å². The molecule has 0 aliphatic carbocycles. The zero-order valence-corrected chi connectivity index (χ0v) is 27.2. The first-order valence-corrected chi connectivity index (χ1v) is 15.2. The topological polar surface area (TPSA) is 71.9 Å². The highest BCUT2D eigenvalue weighted by Crippen LogP contribution is 2.56. The van der Waals surface area contributed by atoms with Crippen LogP contribution in [0.5, 0.6) is 5.75 Å². The summed E-state index contributed by atoms with van der Waals surface area (Å²) in [6.45, 7) is -1.60. The molecule has 22 heteroatoms. The van der Waals surface area contributed by atoms with Crippen LogP contribution in [0.4, 0.5) is 65.9 Å². The third-order valence-electron chi connectivity index (χ3n) is 6.97. The number of ether oxygens (including phenoxy) is 5. The van der Waals surface area contributed by atoms with E-state index in [2.05, 4.69) is 26.4 Å². The Morgan fingerprint density at radius 1 is 0.635 bits per heavy atom. The van der Waals surface area contributed by atoms with Crippen molar-refractivity contribution in [3.8, 4) is 17.1 Å². The minimum Gasteiger partial charge on any atom is -0.491 e.